The maximum Gasteiger partial charge on any atom is 0.0628 e. The van der Waals surface area contributed by atoms with Crippen LogP contribution in [-0.2, 0) is 13.0 Å². The van der Waals surface area contributed by atoms with Crippen LogP contribution in [0, 0.1) is 13.8 Å². The van der Waals surface area contributed by atoms with E-state index in [1.807, 2.05) is 11.7 Å². The van der Waals surface area contributed by atoms with Crippen molar-refractivity contribution in [3.8, 4) is 0 Å². The van der Waals surface area contributed by atoms with Gasteiger partial charge in [-0.1, -0.05) is 6.92 Å². The van der Waals surface area contributed by atoms with Crippen molar-refractivity contribution in [2.45, 2.75) is 46.2 Å². The SMILES string of the molecule is CCc1c(C)nn(CCC(CO)NC)c1C. The van der Waals surface area contributed by atoms with Gasteiger partial charge < -0.3 is 10.4 Å². The summed E-state index contributed by atoms with van der Waals surface area (Å²) in [5, 5.41) is 16.7. The molecule has 0 aliphatic heterocycles. The molecule has 0 radical (unpaired) electrons. The van der Waals surface area contributed by atoms with Crippen molar-refractivity contribution in [2.24, 2.45) is 0 Å². The van der Waals surface area contributed by atoms with E-state index >= 15 is 0 Å². The summed E-state index contributed by atoms with van der Waals surface area (Å²) in [5.74, 6) is 0. The molecule has 0 saturated carbocycles. The van der Waals surface area contributed by atoms with Crippen LogP contribution in [0.15, 0.2) is 0 Å². The number of aliphatic hydroxyl groups is 1. The van der Waals surface area contributed by atoms with Gasteiger partial charge in [-0.15, -0.1) is 0 Å². The number of nitrogens with one attached hydrogen (secondary N) is 1. The molecule has 0 aliphatic carbocycles. The summed E-state index contributed by atoms with van der Waals surface area (Å²) < 4.78 is 2.05. The molecule has 1 unspecified atom stereocenters. The van der Waals surface area contributed by atoms with Gasteiger partial charge >= 0.3 is 0 Å². The van der Waals surface area contributed by atoms with Crippen LogP contribution in [0.25, 0.3) is 0 Å². The molecule has 0 saturated heterocycles. The summed E-state index contributed by atoms with van der Waals surface area (Å²) in [4.78, 5) is 0. The maximum atomic E-state index is 9.09. The average molecular weight is 225 g/mol. The fourth-order valence-corrected chi connectivity index (χ4v) is 2.07. The van der Waals surface area contributed by atoms with Crippen molar-refractivity contribution in [3.05, 3.63) is 17.0 Å². The lowest BCUT2D eigenvalue weighted by atomic mass is 10.1. The van der Waals surface area contributed by atoms with Crippen LogP contribution in [0.5, 0.6) is 0 Å². The number of likely N-dealkylation sites (N-methyl/N-ethyl adjacent to an activating group) is 1. The van der Waals surface area contributed by atoms with E-state index in [4.69, 9.17) is 5.11 Å². The van der Waals surface area contributed by atoms with Gasteiger partial charge in [-0.3, -0.25) is 4.68 Å². The Labute approximate surface area is 97.7 Å². The van der Waals surface area contributed by atoms with E-state index in [2.05, 4.69) is 31.2 Å². The van der Waals surface area contributed by atoms with Crippen LogP contribution in [0.1, 0.15) is 30.3 Å². The van der Waals surface area contributed by atoms with E-state index in [-0.39, 0.29) is 12.6 Å². The largest absolute Gasteiger partial charge is 0.395 e. The monoisotopic (exact) mass is 225 g/mol. The zero-order chi connectivity index (χ0) is 12.1. The Morgan fingerprint density at radius 3 is 2.56 bits per heavy atom. The van der Waals surface area contributed by atoms with Crippen molar-refractivity contribution in [2.75, 3.05) is 13.7 Å². The first-order valence-electron chi connectivity index (χ1n) is 5.95. The Hall–Kier alpha value is -0.870. The lowest BCUT2D eigenvalue weighted by Gasteiger charge is -2.13. The van der Waals surface area contributed by atoms with E-state index < -0.39 is 0 Å². The first-order chi connectivity index (χ1) is 7.63. The second kappa shape index (κ2) is 6.01. The predicted molar refractivity (Wildman–Crippen MR) is 65.6 cm³/mol. The van der Waals surface area contributed by atoms with Crippen LogP contribution < -0.4 is 5.32 Å². The fraction of sp³-hybridized carbons (Fsp3) is 0.750. The molecule has 16 heavy (non-hydrogen) atoms. The number of rotatable bonds is 6. The van der Waals surface area contributed by atoms with Crippen LogP contribution >= 0.6 is 0 Å². The molecular weight excluding hydrogens is 202 g/mol. The third-order valence-corrected chi connectivity index (χ3v) is 3.20. The molecule has 2 N–H and O–H groups in total. The summed E-state index contributed by atoms with van der Waals surface area (Å²) in [6, 6.07) is 0.161. The van der Waals surface area contributed by atoms with Gasteiger partial charge in [0.15, 0.2) is 0 Å². The van der Waals surface area contributed by atoms with E-state index in [1.165, 1.54) is 11.3 Å². The highest BCUT2D eigenvalue weighted by Crippen LogP contribution is 2.14. The molecule has 1 aromatic heterocycles. The molecule has 0 amide bonds. The zero-order valence-electron chi connectivity index (χ0n) is 10.7. The van der Waals surface area contributed by atoms with Gasteiger partial charge in [0, 0.05) is 18.3 Å². The minimum Gasteiger partial charge on any atom is -0.395 e. The van der Waals surface area contributed by atoms with Gasteiger partial charge in [-0.2, -0.15) is 5.10 Å². The lowest BCUT2D eigenvalue weighted by molar-refractivity contribution is 0.236. The second-order valence-corrected chi connectivity index (χ2v) is 4.18. The second-order valence-electron chi connectivity index (χ2n) is 4.18. The van der Waals surface area contributed by atoms with E-state index in [9.17, 15) is 0 Å². The van der Waals surface area contributed by atoms with E-state index in [0.717, 1.165) is 25.1 Å². The maximum absolute atomic E-state index is 9.09. The molecule has 1 heterocycles. The third-order valence-electron chi connectivity index (χ3n) is 3.20. The zero-order valence-corrected chi connectivity index (χ0v) is 10.7. The molecule has 0 aromatic carbocycles. The van der Waals surface area contributed by atoms with Crippen molar-refractivity contribution in [1.82, 2.24) is 15.1 Å². The highest BCUT2D eigenvalue weighted by Gasteiger charge is 2.11. The van der Waals surface area contributed by atoms with Crippen molar-refractivity contribution >= 4 is 0 Å². The molecule has 1 rings (SSSR count). The molecule has 1 atom stereocenters. The number of hydrogen-bond acceptors (Lipinski definition) is 3. The number of aryl methyl sites for hydroxylation is 2. The van der Waals surface area contributed by atoms with E-state index in [1.54, 1.807) is 0 Å². The van der Waals surface area contributed by atoms with Crippen molar-refractivity contribution in [1.29, 1.82) is 0 Å². The Kier molecular flexibility index (Phi) is 4.96. The fourth-order valence-electron chi connectivity index (χ4n) is 2.07. The highest BCUT2D eigenvalue weighted by molar-refractivity contribution is 5.24. The third kappa shape index (κ3) is 2.83. The van der Waals surface area contributed by atoms with Crippen LogP contribution in [0.4, 0.5) is 0 Å². The van der Waals surface area contributed by atoms with Crippen LogP contribution in [0.3, 0.4) is 0 Å². The van der Waals surface area contributed by atoms with Crippen LogP contribution in [-0.4, -0.2) is 34.6 Å². The number of nitrogens with zero attached hydrogens (tertiary/aromatic N) is 2. The standard InChI is InChI=1S/C12H23N3O/c1-5-12-9(2)14-15(10(12)3)7-6-11(8-16)13-4/h11,13,16H,5-8H2,1-4H3. The van der Waals surface area contributed by atoms with Gasteiger partial charge in [-0.25, -0.2) is 0 Å². The minimum atomic E-state index is 0.161. The van der Waals surface area contributed by atoms with Gasteiger partial charge in [0.1, 0.15) is 0 Å². The lowest BCUT2D eigenvalue weighted by Crippen LogP contribution is -2.30. The first-order valence-corrected chi connectivity index (χ1v) is 5.95. The molecule has 1 aromatic rings. The smallest absolute Gasteiger partial charge is 0.0628 e. The minimum absolute atomic E-state index is 0.161. The topological polar surface area (TPSA) is 50.1 Å². The Morgan fingerprint density at radius 2 is 2.12 bits per heavy atom. The van der Waals surface area contributed by atoms with Crippen molar-refractivity contribution < 1.29 is 5.11 Å². The predicted octanol–water partition coefficient (Wildman–Crippen LogP) is 1.03. The van der Waals surface area contributed by atoms with Gasteiger partial charge in [0.05, 0.1) is 12.3 Å². The summed E-state index contributed by atoms with van der Waals surface area (Å²) >= 11 is 0. The summed E-state index contributed by atoms with van der Waals surface area (Å²) in [6.45, 7) is 7.37. The molecule has 0 bridgehead atoms. The van der Waals surface area contributed by atoms with Gasteiger partial charge in [-0.05, 0) is 39.3 Å². The number of aromatic nitrogens is 2. The Balaban J connectivity index is 2.67. The molecule has 4 nitrogen and oxygen atoms in total. The van der Waals surface area contributed by atoms with Gasteiger partial charge in [0.2, 0.25) is 0 Å². The highest BCUT2D eigenvalue weighted by atomic mass is 16.3. The molecule has 0 spiro atoms. The number of aliphatic hydroxyl groups excluding tert-OH is 1. The first kappa shape index (κ1) is 13.2. The Morgan fingerprint density at radius 1 is 1.44 bits per heavy atom. The Bertz CT molecular complexity index is 329. The quantitative estimate of drug-likeness (QED) is 0.760. The van der Waals surface area contributed by atoms with Gasteiger partial charge in [0.25, 0.3) is 0 Å². The summed E-state index contributed by atoms with van der Waals surface area (Å²) in [6.07, 6.45) is 1.94. The van der Waals surface area contributed by atoms with E-state index in [0.29, 0.717) is 0 Å². The molecular formula is C12H23N3O. The molecule has 0 fully saturated rings. The molecule has 92 valence electrons. The molecule has 0 aliphatic rings. The molecule has 4 heteroatoms. The number of hydrogen-bond donors (Lipinski definition) is 2. The summed E-state index contributed by atoms with van der Waals surface area (Å²) in [7, 11) is 1.87. The van der Waals surface area contributed by atoms with Crippen LogP contribution in [0.2, 0.25) is 0 Å². The van der Waals surface area contributed by atoms with Crippen molar-refractivity contribution in [3.63, 3.8) is 0 Å². The average Bonchev–Trinajstić information content (AvgIpc) is 2.55. The normalized spacial score (nSPS) is 13.1. The summed E-state index contributed by atoms with van der Waals surface area (Å²) in [5.41, 5.74) is 3.74.